The Morgan fingerprint density at radius 2 is 1.87 bits per heavy atom. The van der Waals surface area contributed by atoms with Crippen molar-refractivity contribution in [3.63, 3.8) is 0 Å². The number of carbonyl (C=O) groups excluding carboxylic acids is 1. The van der Waals surface area contributed by atoms with Gasteiger partial charge in [0, 0.05) is 17.8 Å². The van der Waals surface area contributed by atoms with Gasteiger partial charge in [0.25, 0.3) is 11.6 Å². The molecular weight excluding hydrogens is 402 g/mol. The summed E-state index contributed by atoms with van der Waals surface area (Å²) in [5.41, 5.74) is 0.721. The standard InChI is InChI=1S/C22H17N3O6/c1-29-17-6-3-15(4-7-17)24-22(26)14(13-23)11-18-8-10-20(31-18)19-9-5-16(25(27)28)12-21(19)30-2/h3-12H,1-2H3,(H,24,26)/b14-11+. The van der Waals surface area contributed by atoms with E-state index in [1.807, 2.05) is 6.07 Å². The number of carbonyl (C=O) groups is 1. The quantitative estimate of drug-likeness (QED) is 0.260. The number of amides is 1. The Balaban J connectivity index is 1.82. The summed E-state index contributed by atoms with van der Waals surface area (Å²) in [5, 5.41) is 23.0. The van der Waals surface area contributed by atoms with E-state index in [1.54, 1.807) is 36.4 Å². The molecule has 0 unspecified atom stereocenters. The van der Waals surface area contributed by atoms with Crippen molar-refractivity contribution in [2.45, 2.75) is 0 Å². The second-order valence-corrected chi connectivity index (χ2v) is 6.20. The number of anilines is 1. The molecule has 1 N–H and O–H groups in total. The van der Waals surface area contributed by atoms with E-state index >= 15 is 0 Å². The maximum atomic E-state index is 12.4. The van der Waals surface area contributed by atoms with Gasteiger partial charge in [-0.1, -0.05) is 0 Å². The number of nitrogens with zero attached hydrogens (tertiary/aromatic N) is 2. The van der Waals surface area contributed by atoms with Crippen molar-refractivity contribution in [3.05, 3.63) is 76.0 Å². The van der Waals surface area contributed by atoms with Crippen molar-refractivity contribution >= 4 is 23.4 Å². The number of nitrogens with one attached hydrogen (secondary N) is 1. The van der Waals surface area contributed by atoms with E-state index in [4.69, 9.17) is 13.9 Å². The molecule has 2 aromatic carbocycles. The number of ether oxygens (including phenoxy) is 2. The monoisotopic (exact) mass is 419 g/mol. The van der Waals surface area contributed by atoms with Crippen molar-refractivity contribution in [1.82, 2.24) is 0 Å². The number of hydrogen-bond donors (Lipinski definition) is 1. The van der Waals surface area contributed by atoms with Crippen LogP contribution in [-0.2, 0) is 4.79 Å². The van der Waals surface area contributed by atoms with Crippen LogP contribution in [0.15, 0.2) is 64.6 Å². The van der Waals surface area contributed by atoms with Crippen molar-refractivity contribution in [3.8, 4) is 28.9 Å². The van der Waals surface area contributed by atoms with E-state index in [9.17, 15) is 20.2 Å². The first-order valence-corrected chi connectivity index (χ1v) is 8.95. The van der Waals surface area contributed by atoms with E-state index in [-0.39, 0.29) is 22.8 Å². The molecule has 1 aromatic heterocycles. The van der Waals surface area contributed by atoms with E-state index in [0.29, 0.717) is 22.8 Å². The zero-order chi connectivity index (χ0) is 22.4. The molecule has 3 rings (SSSR count). The number of rotatable bonds is 7. The van der Waals surface area contributed by atoms with Gasteiger partial charge >= 0.3 is 0 Å². The maximum Gasteiger partial charge on any atom is 0.273 e. The lowest BCUT2D eigenvalue weighted by molar-refractivity contribution is -0.384. The van der Waals surface area contributed by atoms with Crippen molar-refractivity contribution in [2.75, 3.05) is 19.5 Å². The minimum atomic E-state index is -0.599. The molecule has 0 radical (unpaired) electrons. The third-order valence-electron chi connectivity index (χ3n) is 4.29. The molecule has 0 saturated heterocycles. The van der Waals surface area contributed by atoms with Crippen molar-refractivity contribution < 1.29 is 23.6 Å². The zero-order valence-corrected chi connectivity index (χ0v) is 16.6. The van der Waals surface area contributed by atoms with Crippen LogP contribution in [0.3, 0.4) is 0 Å². The average molecular weight is 419 g/mol. The molecular formula is C22H17N3O6. The molecule has 9 nitrogen and oxygen atoms in total. The van der Waals surface area contributed by atoms with Gasteiger partial charge in [0.2, 0.25) is 0 Å². The minimum absolute atomic E-state index is 0.116. The van der Waals surface area contributed by atoms with Crippen LogP contribution in [0.5, 0.6) is 11.5 Å². The Morgan fingerprint density at radius 3 is 2.48 bits per heavy atom. The second-order valence-electron chi connectivity index (χ2n) is 6.20. The molecule has 156 valence electrons. The topological polar surface area (TPSA) is 128 Å². The van der Waals surface area contributed by atoms with Gasteiger partial charge in [-0.15, -0.1) is 0 Å². The summed E-state index contributed by atoms with van der Waals surface area (Å²) in [5.74, 6) is 0.928. The number of nitro benzene ring substituents is 1. The molecule has 9 heteroatoms. The maximum absolute atomic E-state index is 12.4. The molecule has 31 heavy (non-hydrogen) atoms. The Labute approximate surface area is 177 Å². The Hall–Kier alpha value is -4.58. The van der Waals surface area contributed by atoms with Gasteiger partial charge in [-0.25, -0.2) is 0 Å². The summed E-state index contributed by atoms with van der Waals surface area (Å²) in [4.78, 5) is 22.8. The molecule has 0 atom stereocenters. The third kappa shape index (κ3) is 4.89. The molecule has 0 fully saturated rings. The first-order valence-electron chi connectivity index (χ1n) is 8.95. The fourth-order valence-electron chi connectivity index (χ4n) is 2.74. The number of nitro groups is 1. The fourth-order valence-corrected chi connectivity index (χ4v) is 2.74. The summed E-state index contributed by atoms with van der Waals surface area (Å²) in [6.07, 6.45) is 1.31. The summed E-state index contributed by atoms with van der Waals surface area (Å²) in [6, 6.07) is 15.8. The number of methoxy groups -OCH3 is 2. The number of nitriles is 1. The van der Waals surface area contributed by atoms with Gasteiger partial charge in [-0.3, -0.25) is 14.9 Å². The Kier molecular flexibility index (Phi) is 6.33. The lowest BCUT2D eigenvalue weighted by Gasteiger charge is -2.06. The van der Waals surface area contributed by atoms with Crippen LogP contribution in [0.2, 0.25) is 0 Å². The molecule has 0 aliphatic carbocycles. The highest BCUT2D eigenvalue weighted by atomic mass is 16.6. The molecule has 0 bridgehead atoms. The summed E-state index contributed by atoms with van der Waals surface area (Å²) in [7, 11) is 2.93. The second kappa shape index (κ2) is 9.28. The molecule has 0 spiro atoms. The minimum Gasteiger partial charge on any atom is -0.497 e. The van der Waals surface area contributed by atoms with Crippen molar-refractivity contribution in [1.29, 1.82) is 5.26 Å². The molecule has 0 aliphatic rings. The lowest BCUT2D eigenvalue weighted by Crippen LogP contribution is -2.13. The summed E-state index contributed by atoms with van der Waals surface area (Å²) < 4.78 is 16.0. The number of hydrogen-bond acceptors (Lipinski definition) is 7. The highest BCUT2D eigenvalue weighted by Gasteiger charge is 2.16. The van der Waals surface area contributed by atoms with Gasteiger partial charge in [0.1, 0.15) is 34.7 Å². The molecule has 1 amide bonds. The first kappa shape index (κ1) is 21.1. The molecule has 1 heterocycles. The number of furan rings is 1. The van der Waals surface area contributed by atoms with Gasteiger partial charge in [-0.2, -0.15) is 5.26 Å². The average Bonchev–Trinajstić information content (AvgIpc) is 3.25. The van der Waals surface area contributed by atoms with Crippen LogP contribution < -0.4 is 14.8 Å². The van der Waals surface area contributed by atoms with E-state index in [2.05, 4.69) is 5.32 Å². The van der Waals surface area contributed by atoms with Crippen LogP contribution in [0.25, 0.3) is 17.4 Å². The van der Waals surface area contributed by atoms with Gasteiger partial charge in [0.15, 0.2) is 0 Å². The fraction of sp³-hybridized carbons (Fsp3) is 0.0909. The lowest BCUT2D eigenvalue weighted by atomic mass is 10.1. The van der Waals surface area contributed by atoms with Crippen LogP contribution in [0.1, 0.15) is 5.76 Å². The Bertz CT molecular complexity index is 1190. The number of benzene rings is 2. The molecule has 3 aromatic rings. The van der Waals surface area contributed by atoms with Crippen LogP contribution in [0, 0.1) is 21.4 Å². The normalized spacial score (nSPS) is 10.8. The predicted molar refractivity (Wildman–Crippen MR) is 113 cm³/mol. The van der Waals surface area contributed by atoms with Crippen LogP contribution >= 0.6 is 0 Å². The highest BCUT2D eigenvalue weighted by Crippen LogP contribution is 2.34. The Morgan fingerprint density at radius 1 is 1.13 bits per heavy atom. The third-order valence-corrected chi connectivity index (χ3v) is 4.29. The largest absolute Gasteiger partial charge is 0.497 e. The first-order chi connectivity index (χ1) is 14.9. The van der Waals surface area contributed by atoms with Gasteiger partial charge in [0.05, 0.1) is 30.8 Å². The van der Waals surface area contributed by atoms with E-state index in [1.165, 1.54) is 38.5 Å². The molecule has 0 aliphatic heterocycles. The zero-order valence-electron chi connectivity index (χ0n) is 16.6. The SMILES string of the molecule is COc1ccc(NC(=O)/C(C#N)=C/c2ccc(-c3ccc([N+](=O)[O-])cc3OC)o2)cc1. The summed E-state index contributed by atoms with van der Waals surface area (Å²) in [6.45, 7) is 0. The smallest absolute Gasteiger partial charge is 0.273 e. The van der Waals surface area contributed by atoms with Gasteiger partial charge < -0.3 is 19.2 Å². The van der Waals surface area contributed by atoms with Gasteiger partial charge in [-0.05, 0) is 42.5 Å². The predicted octanol–water partition coefficient (Wildman–Crippen LogP) is 4.42. The van der Waals surface area contributed by atoms with Crippen LogP contribution in [0.4, 0.5) is 11.4 Å². The van der Waals surface area contributed by atoms with Crippen LogP contribution in [-0.4, -0.2) is 25.1 Å². The highest BCUT2D eigenvalue weighted by molar-refractivity contribution is 6.09. The molecule has 0 saturated carbocycles. The van der Waals surface area contributed by atoms with E-state index < -0.39 is 10.8 Å². The number of non-ortho nitro benzene ring substituents is 1. The summed E-state index contributed by atoms with van der Waals surface area (Å²) >= 11 is 0. The van der Waals surface area contributed by atoms with E-state index in [0.717, 1.165) is 0 Å². The van der Waals surface area contributed by atoms with Crippen molar-refractivity contribution in [2.24, 2.45) is 0 Å².